The molecule has 1 atom stereocenters. The summed E-state index contributed by atoms with van der Waals surface area (Å²) in [5.41, 5.74) is 2.37. The lowest BCUT2D eigenvalue weighted by atomic mass is 10.1. The second kappa shape index (κ2) is 4.28. The standard InChI is InChI=1S/C14H20N2/c1-5-11(4)14-15-12-8-6-7-9-13(12)16(14)10(2)3/h6-11H,5H2,1-4H3. The first kappa shape index (κ1) is 11.2. The van der Waals surface area contributed by atoms with Crippen molar-refractivity contribution in [1.29, 1.82) is 0 Å². The second-order valence-corrected chi connectivity index (χ2v) is 4.73. The Labute approximate surface area is 97.3 Å². The molecule has 0 bridgehead atoms. The highest BCUT2D eigenvalue weighted by Crippen LogP contribution is 2.27. The van der Waals surface area contributed by atoms with E-state index in [1.165, 1.54) is 11.3 Å². The van der Waals surface area contributed by atoms with Gasteiger partial charge in [-0.15, -0.1) is 0 Å². The van der Waals surface area contributed by atoms with Gasteiger partial charge in [-0.2, -0.15) is 0 Å². The molecular weight excluding hydrogens is 196 g/mol. The third-order valence-electron chi connectivity index (χ3n) is 3.19. The Bertz CT molecular complexity index is 482. The smallest absolute Gasteiger partial charge is 0.112 e. The van der Waals surface area contributed by atoms with Crippen LogP contribution < -0.4 is 0 Å². The average Bonchev–Trinajstić information content (AvgIpc) is 2.67. The first-order valence-corrected chi connectivity index (χ1v) is 6.12. The summed E-state index contributed by atoms with van der Waals surface area (Å²) in [6, 6.07) is 8.87. The fourth-order valence-electron chi connectivity index (χ4n) is 2.14. The second-order valence-electron chi connectivity index (χ2n) is 4.73. The maximum Gasteiger partial charge on any atom is 0.112 e. The molecule has 0 aliphatic rings. The van der Waals surface area contributed by atoms with Crippen molar-refractivity contribution in [1.82, 2.24) is 9.55 Å². The van der Waals surface area contributed by atoms with Crippen molar-refractivity contribution in [3.8, 4) is 0 Å². The molecule has 0 saturated carbocycles. The van der Waals surface area contributed by atoms with E-state index in [0.29, 0.717) is 12.0 Å². The third-order valence-corrected chi connectivity index (χ3v) is 3.19. The molecule has 2 aromatic rings. The van der Waals surface area contributed by atoms with Crippen LogP contribution in [-0.4, -0.2) is 9.55 Å². The first-order valence-electron chi connectivity index (χ1n) is 6.12. The first-order chi connectivity index (χ1) is 7.65. The predicted molar refractivity (Wildman–Crippen MR) is 68.8 cm³/mol. The van der Waals surface area contributed by atoms with E-state index in [1.54, 1.807) is 0 Å². The van der Waals surface area contributed by atoms with E-state index < -0.39 is 0 Å². The summed E-state index contributed by atoms with van der Waals surface area (Å²) in [6.45, 7) is 8.91. The van der Waals surface area contributed by atoms with Gasteiger partial charge < -0.3 is 4.57 Å². The Kier molecular flexibility index (Phi) is 2.99. The van der Waals surface area contributed by atoms with Gasteiger partial charge in [-0.25, -0.2) is 4.98 Å². The fourth-order valence-corrected chi connectivity index (χ4v) is 2.14. The zero-order valence-corrected chi connectivity index (χ0v) is 10.6. The largest absolute Gasteiger partial charge is 0.325 e. The molecule has 2 nitrogen and oxygen atoms in total. The summed E-state index contributed by atoms with van der Waals surface area (Å²) in [5, 5.41) is 0. The molecule has 0 fully saturated rings. The van der Waals surface area contributed by atoms with Gasteiger partial charge in [-0.05, 0) is 32.4 Å². The van der Waals surface area contributed by atoms with Gasteiger partial charge >= 0.3 is 0 Å². The number of para-hydroxylation sites is 2. The SMILES string of the molecule is CCC(C)c1nc2ccccc2n1C(C)C. The van der Waals surface area contributed by atoms with Crippen molar-refractivity contribution in [3.05, 3.63) is 30.1 Å². The van der Waals surface area contributed by atoms with Crippen molar-refractivity contribution in [2.24, 2.45) is 0 Å². The number of imidazole rings is 1. The minimum atomic E-state index is 0.469. The van der Waals surface area contributed by atoms with E-state index >= 15 is 0 Å². The molecule has 0 N–H and O–H groups in total. The molecule has 2 heteroatoms. The lowest BCUT2D eigenvalue weighted by Crippen LogP contribution is -2.08. The molecule has 0 aliphatic carbocycles. The zero-order valence-electron chi connectivity index (χ0n) is 10.6. The predicted octanol–water partition coefficient (Wildman–Crippen LogP) is 4.13. The van der Waals surface area contributed by atoms with E-state index in [9.17, 15) is 0 Å². The number of aromatic nitrogens is 2. The van der Waals surface area contributed by atoms with Crippen LogP contribution in [0.5, 0.6) is 0 Å². The fraction of sp³-hybridized carbons (Fsp3) is 0.500. The van der Waals surface area contributed by atoms with Crippen LogP contribution in [0.1, 0.15) is 51.9 Å². The number of rotatable bonds is 3. The highest BCUT2D eigenvalue weighted by Gasteiger charge is 2.16. The van der Waals surface area contributed by atoms with Crippen LogP contribution in [-0.2, 0) is 0 Å². The van der Waals surface area contributed by atoms with Gasteiger partial charge in [0.2, 0.25) is 0 Å². The van der Waals surface area contributed by atoms with Gasteiger partial charge in [0, 0.05) is 12.0 Å². The molecule has 0 radical (unpaired) electrons. The van der Waals surface area contributed by atoms with Crippen molar-refractivity contribution >= 4 is 11.0 Å². The van der Waals surface area contributed by atoms with Crippen LogP contribution in [0.25, 0.3) is 11.0 Å². The van der Waals surface area contributed by atoms with E-state index in [-0.39, 0.29) is 0 Å². The number of fused-ring (bicyclic) bond motifs is 1. The number of nitrogens with zero attached hydrogens (tertiary/aromatic N) is 2. The molecule has 2 rings (SSSR count). The summed E-state index contributed by atoms with van der Waals surface area (Å²) in [4.78, 5) is 4.77. The Morgan fingerprint density at radius 1 is 1.19 bits per heavy atom. The minimum Gasteiger partial charge on any atom is -0.325 e. The molecule has 0 amide bonds. The summed E-state index contributed by atoms with van der Waals surface area (Å²) in [6.07, 6.45) is 1.13. The Morgan fingerprint density at radius 2 is 1.88 bits per heavy atom. The quantitative estimate of drug-likeness (QED) is 0.754. The van der Waals surface area contributed by atoms with Gasteiger partial charge in [0.15, 0.2) is 0 Å². The Balaban J connectivity index is 2.68. The van der Waals surface area contributed by atoms with Crippen LogP contribution in [0, 0.1) is 0 Å². The van der Waals surface area contributed by atoms with Gasteiger partial charge in [-0.3, -0.25) is 0 Å². The van der Waals surface area contributed by atoms with Crippen LogP contribution in [0.3, 0.4) is 0 Å². The van der Waals surface area contributed by atoms with Crippen LogP contribution in [0.4, 0.5) is 0 Å². The monoisotopic (exact) mass is 216 g/mol. The molecule has 86 valence electrons. The van der Waals surface area contributed by atoms with E-state index in [1.807, 2.05) is 0 Å². The number of benzene rings is 1. The molecule has 1 heterocycles. The topological polar surface area (TPSA) is 17.8 Å². The lowest BCUT2D eigenvalue weighted by molar-refractivity contribution is 0.545. The van der Waals surface area contributed by atoms with Gasteiger partial charge in [0.1, 0.15) is 5.82 Å². The summed E-state index contributed by atoms with van der Waals surface area (Å²) >= 11 is 0. The molecule has 16 heavy (non-hydrogen) atoms. The molecule has 1 aromatic carbocycles. The van der Waals surface area contributed by atoms with Crippen LogP contribution in [0.2, 0.25) is 0 Å². The van der Waals surface area contributed by atoms with Crippen LogP contribution >= 0.6 is 0 Å². The van der Waals surface area contributed by atoms with Gasteiger partial charge in [0.25, 0.3) is 0 Å². The molecule has 1 aromatic heterocycles. The summed E-state index contributed by atoms with van der Waals surface area (Å²) in [7, 11) is 0. The Hall–Kier alpha value is -1.31. The summed E-state index contributed by atoms with van der Waals surface area (Å²) in [5.74, 6) is 1.74. The van der Waals surface area contributed by atoms with Crippen molar-refractivity contribution in [2.45, 2.75) is 46.1 Å². The normalized spacial score (nSPS) is 13.6. The highest BCUT2D eigenvalue weighted by molar-refractivity contribution is 5.76. The highest BCUT2D eigenvalue weighted by atomic mass is 15.1. The maximum atomic E-state index is 4.77. The van der Waals surface area contributed by atoms with Gasteiger partial charge in [0.05, 0.1) is 11.0 Å². The zero-order chi connectivity index (χ0) is 11.7. The molecular formula is C14H20N2. The minimum absolute atomic E-state index is 0.469. The average molecular weight is 216 g/mol. The number of hydrogen-bond acceptors (Lipinski definition) is 1. The third kappa shape index (κ3) is 1.73. The van der Waals surface area contributed by atoms with Gasteiger partial charge in [-0.1, -0.05) is 26.0 Å². The van der Waals surface area contributed by atoms with E-state index in [0.717, 1.165) is 11.9 Å². The number of hydrogen-bond donors (Lipinski definition) is 0. The van der Waals surface area contributed by atoms with Crippen molar-refractivity contribution < 1.29 is 0 Å². The van der Waals surface area contributed by atoms with Crippen molar-refractivity contribution in [2.75, 3.05) is 0 Å². The molecule has 0 aliphatic heterocycles. The lowest BCUT2D eigenvalue weighted by Gasteiger charge is -2.16. The van der Waals surface area contributed by atoms with E-state index in [4.69, 9.17) is 4.98 Å². The van der Waals surface area contributed by atoms with Crippen LogP contribution in [0.15, 0.2) is 24.3 Å². The van der Waals surface area contributed by atoms with Crippen molar-refractivity contribution in [3.63, 3.8) is 0 Å². The van der Waals surface area contributed by atoms with E-state index in [2.05, 4.69) is 56.5 Å². The molecule has 0 spiro atoms. The Morgan fingerprint density at radius 3 is 2.50 bits per heavy atom. The molecule has 1 unspecified atom stereocenters. The maximum absolute atomic E-state index is 4.77. The molecule has 0 saturated heterocycles. The summed E-state index contributed by atoms with van der Waals surface area (Å²) < 4.78 is 2.36.